The zero-order valence-corrected chi connectivity index (χ0v) is 11.8. The second-order valence-corrected chi connectivity index (χ2v) is 6.41. The van der Waals surface area contributed by atoms with Crippen molar-refractivity contribution in [3.05, 3.63) is 0 Å². The average Bonchev–Trinajstić information content (AvgIpc) is 2.25. The molecule has 1 aliphatic rings. The van der Waals surface area contributed by atoms with E-state index in [-0.39, 0.29) is 37.6 Å². The van der Waals surface area contributed by atoms with Crippen molar-refractivity contribution in [2.75, 3.05) is 6.54 Å². The van der Waals surface area contributed by atoms with E-state index in [4.69, 9.17) is 5.73 Å². The molecular formula is C14H25F2NO2. The molecule has 3 N–H and O–H groups in total. The topological polar surface area (TPSA) is 63.3 Å². The van der Waals surface area contributed by atoms with E-state index in [2.05, 4.69) is 0 Å². The molecule has 1 aliphatic carbocycles. The third kappa shape index (κ3) is 4.41. The van der Waals surface area contributed by atoms with Crippen molar-refractivity contribution >= 4 is 5.97 Å². The smallest absolute Gasteiger partial charge is 0.310 e. The minimum atomic E-state index is -2.64. The van der Waals surface area contributed by atoms with E-state index in [1.807, 2.05) is 13.8 Å². The van der Waals surface area contributed by atoms with Gasteiger partial charge >= 0.3 is 5.97 Å². The molecule has 0 spiro atoms. The molecule has 1 fully saturated rings. The fourth-order valence-corrected chi connectivity index (χ4v) is 3.30. The lowest BCUT2D eigenvalue weighted by molar-refractivity contribution is -0.152. The molecule has 0 aromatic carbocycles. The van der Waals surface area contributed by atoms with Crippen molar-refractivity contribution in [1.29, 1.82) is 0 Å². The zero-order chi connectivity index (χ0) is 14.7. The first-order valence-electron chi connectivity index (χ1n) is 7.02. The van der Waals surface area contributed by atoms with Gasteiger partial charge in [0, 0.05) is 19.4 Å². The van der Waals surface area contributed by atoms with E-state index in [0.717, 1.165) is 0 Å². The first-order valence-corrected chi connectivity index (χ1v) is 7.02. The van der Waals surface area contributed by atoms with Crippen LogP contribution in [0.3, 0.4) is 0 Å². The molecule has 112 valence electrons. The summed E-state index contributed by atoms with van der Waals surface area (Å²) < 4.78 is 26.8. The SMILES string of the molecule is CC(C)CC(CN)(CC1CCCC(F)(F)C1)C(=O)O. The molecule has 0 radical (unpaired) electrons. The van der Waals surface area contributed by atoms with E-state index in [1.165, 1.54) is 0 Å². The number of carbonyl (C=O) groups is 1. The fourth-order valence-electron chi connectivity index (χ4n) is 3.30. The van der Waals surface area contributed by atoms with Crippen molar-refractivity contribution in [3.63, 3.8) is 0 Å². The van der Waals surface area contributed by atoms with Crippen LogP contribution < -0.4 is 5.73 Å². The molecule has 1 saturated carbocycles. The Balaban J connectivity index is 2.79. The first-order chi connectivity index (χ1) is 8.71. The minimum absolute atomic E-state index is 0.0165. The number of carboxylic acids is 1. The Morgan fingerprint density at radius 1 is 1.53 bits per heavy atom. The standard InChI is InChI=1S/C14H25F2NO2/c1-10(2)6-13(9-17,12(18)19)7-11-4-3-5-14(15,16)8-11/h10-11H,3-9,17H2,1-2H3,(H,18,19). The molecule has 0 aliphatic heterocycles. The Morgan fingerprint density at radius 3 is 2.58 bits per heavy atom. The number of carboxylic acid groups (broad SMARTS) is 1. The lowest BCUT2D eigenvalue weighted by Gasteiger charge is -2.36. The maximum atomic E-state index is 13.4. The molecule has 2 unspecified atom stereocenters. The molecule has 5 heteroatoms. The lowest BCUT2D eigenvalue weighted by atomic mass is 9.70. The Labute approximate surface area is 113 Å². The van der Waals surface area contributed by atoms with Crippen molar-refractivity contribution < 1.29 is 18.7 Å². The van der Waals surface area contributed by atoms with Crippen LogP contribution in [-0.4, -0.2) is 23.5 Å². The molecule has 0 bridgehead atoms. The molecule has 2 atom stereocenters. The highest BCUT2D eigenvalue weighted by Crippen LogP contribution is 2.43. The highest BCUT2D eigenvalue weighted by molar-refractivity contribution is 5.75. The molecule has 1 rings (SSSR count). The van der Waals surface area contributed by atoms with Gasteiger partial charge in [-0.15, -0.1) is 0 Å². The van der Waals surface area contributed by atoms with Crippen LogP contribution in [-0.2, 0) is 4.79 Å². The largest absolute Gasteiger partial charge is 0.481 e. The normalized spacial score (nSPS) is 26.1. The van der Waals surface area contributed by atoms with E-state index in [1.54, 1.807) is 0 Å². The van der Waals surface area contributed by atoms with Gasteiger partial charge in [-0.2, -0.15) is 0 Å². The van der Waals surface area contributed by atoms with Crippen LogP contribution in [0.2, 0.25) is 0 Å². The summed E-state index contributed by atoms with van der Waals surface area (Å²) in [5, 5.41) is 9.47. The third-order valence-corrected chi connectivity index (χ3v) is 4.07. The Kier molecular flexibility index (Phi) is 5.30. The van der Waals surface area contributed by atoms with Gasteiger partial charge in [-0.25, -0.2) is 8.78 Å². The molecule has 0 heterocycles. The molecule has 0 amide bonds. The predicted octanol–water partition coefficient (Wildman–Crippen LogP) is 3.28. The average molecular weight is 277 g/mol. The highest BCUT2D eigenvalue weighted by atomic mass is 19.3. The Bertz CT molecular complexity index is 321. The maximum absolute atomic E-state index is 13.4. The Morgan fingerprint density at radius 2 is 2.16 bits per heavy atom. The number of hydrogen-bond donors (Lipinski definition) is 2. The number of nitrogens with two attached hydrogens (primary N) is 1. The number of aliphatic carboxylic acids is 1. The molecule has 0 aromatic rings. The number of rotatable bonds is 6. The quantitative estimate of drug-likeness (QED) is 0.783. The summed E-state index contributed by atoms with van der Waals surface area (Å²) in [4.78, 5) is 11.6. The summed E-state index contributed by atoms with van der Waals surface area (Å²) in [5.74, 6) is -3.64. The summed E-state index contributed by atoms with van der Waals surface area (Å²) in [7, 11) is 0. The predicted molar refractivity (Wildman–Crippen MR) is 70.1 cm³/mol. The van der Waals surface area contributed by atoms with Crippen molar-refractivity contribution in [3.8, 4) is 0 Å². The molecular weight excluding hydrogens is 252 g/mol. The van der Waals surface area contributed by atoms with Crippen LogP contribution >= 0.6 is 0 Å². The van der Waals surface area contributed by atoms with E-state index in [0.29, 0.717) is 19.3 Å². The summed E-state index contributed by atoms with van der Waals surface area (Å²) >= 11 is 0. The summed E-state index contributed by atoms with van der Waals surface area (Å²) in [6.07, 6.45) is 1.60. The van der Waals surface area contributed by atoms with Crippen LogP contribution in [0.4, 0.5) is 8.78 Å². The summed E-state index contributed by atoms with van der Waals surface area (Å²) in [5.41, 5.74) is 4.62. The van der Waals surface area contributed by atoms with Crippen molar-refractivity contribution in [1.82, 2.24) is 0 Å². The van der Waals surface area contributed by atoms with Crippen LogP contribution in [0, 0.1) is 17.3 Å². The zero-order valence-electron chi connectivity index (χ0n) is 11.8. The van der Waals surface area contributed by atoms with Crippen LogP contribution in [0.25, 0.3) is 0 Å². The van der Waals surface area contributed by atoms with Gasteiger partial charge in [-0.3, -0.25) is 4.79 Å². The van der Waals surface area contributed by atoms with E-state index in [9.17, 15) is 18.7 Å². The maximum Gasteiger partial charge on any atom is 0.310 e. The third-order valence-electron chi connectivity index (χ3n) is 4.07. The van der Waals surface area contributed by atoms with Gasteiger partial charge in [0.25, 0.3) is 0 Å². The van der Waals surface area contributed by atoms with E-state index >= 15 is 0 Å². The molecule has 0 saturated heterocycles. The summed E-state index contributed by atoms with van der Waals surface area (Å²) in [6, 6.07) is 0. The van der Waals surface area contributed by atoms with Crippen LogP contribution in [0.1, 0.15) is 52.4 Å². The van der Waals surface area contributed by atoms with Gasteiger partial charge in [0.1, 0.15) is 0 Å². The van der Waals surface area contributed by atoms with Gasteiger partial charge in [-0.1, -0.05) is 13.8 Å². The Hall–Kier alpha value is -0.710. The van der Waals surface area contributed by atoms with Crippen molar-refractivity contribution in [2.24, 2.45) is 23.0 Å². The van der Waals surface area contributed by atoms with Crippen LogP contribution in [0.15, 0.2) is 0 Å². The van der Waals surface area contributed by atoms with Gasteiger partial charge in [0.05, 0.1) is 5.41 Å². The highest BCUT2D eigenvalue weighted by Gasteiger charge is 2.44. The fraction of sp³-hybridized carbons (Fsp3) is 0.929. The monoisotopic (exact) mass is 277 g/mol. The van der Waals surface area contributed by atoms with Gasteiger partial charge in [-0.05, 0) is 37.5 Å². The first kappa shape index (κ1) is 16.3. The second-order valence-electron chi connectivity index (χ2n) is 6.41. The minimum Gasteiger partial charge on any atom is -0.481 e. The van der Waals surface area contributed by atoms with E-state index < -0.39 is 17.3 Å². The second kappa shape index (κ2) is 6.16. The molecule has 19 heavy (non-hydrogen) atoms. The molecule has 0 aromatic heterocycles. The molecule has 3 nitrogen and oxygen atoms in total. The van der Waals surface area contributed by atoms with Crippen molar-refractivity contribution in [2.45, 2.75) is 58.3 Å². The number of alkyl halides is 2. The van der Waals surface area contributed by atoms with Gasteiger partial charge in [0.15, 0.2) is 0 Å². The van der Waals surface area contributed by atoms with Crippen LogP contribution in [0.5, 0.6) is 0 Å². The van der Waals surface area contributed by atoms with Gasteiger partial charge in [0.2, 0.25) is 5.92 Å². The lowest BCUT2D eigenvalue weighted by Crippen LogP contribution is -2.42. The van der Waals surface area contributed by atoms with Gasteiger partial charge < -0.3 is 10.8 Å². The number of hydrogen-bond acceptors (Lipinski definition) is 2. The summed E-state index contributed by atoms with van der Waals surface area (Å²) in [6.45, 7) is 3.88. The number of halogens is 2.